The monoisotopic (exact) mass is 365 g/mol. The number of likely N-dealkylation sites (N-methyl/N-ethyl adjacent to an activating group) is 2. The van der Waals surface area contributed by atoms with Crippen molar-refractivity contribution in [2.24, 2.45) is 5.92 Å². The summed E-state index contributed by atoms with van der Waals surface area (Å²) in [5, 5.41) is 3.01. The first-order valence-electron chi connectivity index (χ1n) is 8.46. The van der Waals surface area contributed by atoms with Gasteiger partial charge in [0.05, 0.1) is 32.9 Å². The van der Waals surface area contributed by atoms with E-state index in [-0.39, 0.29) is 24.2 Å². The van der Waals surface area contributed by atoms with Crippen LogP contribution in [0.2, 0.25) is 0 Å². The number of hydrogen-bond acceptors (Lipinski definition) is 6. The Morgan fingerprint density at radius 3 is 2.35 bits per heavy atom. The van der Waals surface area contributed by atoms with Gasteiger partial charge >= 0.3 is 0 Å². The zero-order chi connectivity index (χ0) is 19.3. The second kappa shape index (κ2) is 8.75. The third kappa shape index (κ3) is 4.01. The average molecular weight is 365 g/mol. The van der Waals surface area contributed by atoms with Crippen LogP contribution in [0.5, 0.6) is 17.2 Å². The molecule has 1 atom stereocenters. The lowest BCUT2D eigenvalue weighted by Crippen LogP contribution is -2.38. The first-order valence-corrected chi connectivity index (χ1v) is 8.46. The molecule has 2 rings (SSSR count). The van der Waals surface area contributed by atoms with Crippen molar-refractivity contribution < 1.29 is 23.8 Å². The third-order valence-electron chi connectivity index (χ3n) is 4.51. The lowest BCUT2D eigenvalue weighted by atomic mass is 10.1. The van der Waals surface area contributed by atoms with Crippen molar-refractivity contribution in [2.45, 2.75) is 6.42 Å². The van der Waals surface area contributed by atoms with E-state index in [9.17, 15) is 9.59 Å². The number of amides is 2. The fourth-order valence-corrected chi connectivity index (χ4v) is 3.05. The van der Waals surface area contributed by atoms with Crippen molar-refractivity contribution in [2.75, 3.05) is 60.0 Å². The highest BCUT2D eigenvalue weighted by atomic mass is 16.5. The third-order valence-corrected chi connectivity index (χ3v) is 4.51. The molecule has 0 bridgehead atoms. The van der Waals surface area contributed by atoms with Crippen molar-refractivity contribution in [3.05, 3.63) is 12.1 Å². The molecule has 1 heterocycles. The second-order valence-electron chi connectivity index (χ2n) is 6.15. The maximum absolute atomic E-state index is 12.6. The van der Waals surface area contributed by atoms with Crippen LogP contribution in [0.25, 0.3) is 0 Å². The Balaban J connectivity index is 2.22. The maximum atomic E-state index is 12.6. The summed E-state index contributed by atoms with van der Waals surface area (Å²) >= 11 is 0. The van der Waals surface area contributed by atoms with Crippen LogP contribution in [0, 0.1) is 5.92 Å². The van der Waals surface area contributed by atoms with Gasteiger partial charge in [0, 0.05) is 45.2 Å². The number of nitrogens with one attached hydrogen (secondary N) is 1. The van der Waals surface area contributed by atoms with Crippen LogP contribution < -0.4 is 24.4 Å². The minimum Gasteiger partial charge on any atom is -0.493 e. The first kappa shape index (κ1) is 19.8. The van der Waals surface area contributed by atoms with Gasteiger partial charge in [-0.05, 0) is 7.05 Å². The van der Waals surface area contributed by atoms with E-state index >= 15 is 0 Å². The lowest BCUT2D eigenvalue weighted by molar-refractivity contribution is -0.134. The van der Waals surface area contributed by atoms with E-state index in [2.05, 4.69) is 5.32 Å². The molecule has 1 N–H and O–H groups in total. The highest BCUT2D eigenvalue weighted by Gasteiger charge is 2.37. The molecule has 1 saturated heterocycles. The zero-order valence-corrected chi connectivity index (χ0v) is 16.0. The minimum atomic E-state index is -0.358. The summed E-state index contributed by atoms with van der Waals surface area (Å²) in [6.07, 6.45) is 0.194. The molecule has 1 aliphatic rings. The van der Waals surface area contributed by atoms with Gasteiger partial charge in [0.1, 0.15) is 0 Å². The van der Waals surface area contributed by atoms with Crippen LogP contribution in [-0.4, -0.2) is 71.8 Å². The predicted octanol–water partition coefficient (Wildman–Crippen LogP) is 0.743. The van der Waals surface area contributed by atoms with Crippen molar-refractivity contribution in [3.8, 4) is 17.2 Å². The molecule has 0 saturated carbocycles. The van der Waals surface area contributed by atoms with E-state index in [0.717, 1.165) is 0 Å². The van der Waals surface area contributed by atoms with Gasteiger partial charge in [-0.2, -0.15) is 0 Å². The van der Waals surface area contributed by atoms with Crippen LogP contribution >= 0.6 is 0 Å². The molecular formula is C18H27N3O5. The zero-order valence-electron chi connectivity index (χ0n) is 16.0. The molecule has 1 unspecified atom stereocenters. The summed E-state index contributed by atoms with van der Waals surface area (Å²) in [4.78, 5) is 28.3. The Morgan fingerprint density at radius 1 is 1.23 bits per heavy atom. The molecule has 0 aliphatic carbocycles. The van der Waals surface area contributed by atoms with Crippen LogP contribution in [0.1, 0.15) is 6.42 Å². The molecule has 1 aromatic rings. The summed E-state index contributed by atoms with van der Waals surface area (Å²) in [7, 11) is 8.17. The van der Waals surface area contributed by atoms with Gasteiger partial charge in [-0.15, -0.1) is 0 Å². The largest absolute Gasteiger partial charge is 0.493 e. The molecule has 1 aliphatic heterocycles. The molecule has 0 spiro atoms. The Kier molecular flexibility index (Phi) is 6.68. The summed E-state index contributed by atoms with van der Waals surface area (Å²) in [6, 6.07) is 3.44. The number of anilines is 1. The van der Waals surface area contributed by atoms with E-state index < -0.39 is 0 Å². The number of carbonyl (C=O) groups is 2. The molecular weight excluding hydrogens is 338 g/mol. The summed E-state index contributed by atoms with van der Waals surface area (Å²) in [5.41, 5.74) is 0.623. The Labute approximate surface area is 154 Å². The number of carbonyl (C=O) groups excluding carboxylic acids is 2. The molecule has 26 heavy (non-hydrogen) atoms. The van der Waals surface area contributed by atoms with Gasteiger partial charge in [-0.25, -0.2) is 0 Å². The Bertz CT molecular complexity index is 639. The normalized spacial score (nSPS) is 16.6. The standard InChI is InChI=1S/C18H27N3O5/c1-19-6-7-20(2)18(23)12-8-16(22)21(11-12)13-9-14(24-3)17(26-5)15(10-13)25-4/h9-10,12,19H,6-8,11H2,1-5H3. The topological polar surface area (TPSA) is 80.3 Å². The molecule has 8 heteroatoms. The Hall–Kier alpha value is -2.48. The van der Waals surface area contributed by atoms with Crippen molar-refractivity contribution in [1.29, 1.82) is 0 Å². The number of hydrogen-bond donors (Lipinski definition) is 1. The number of rotatable bonds is 8. The molecule has 2 amide bonds. The number of nitrogens with zero attached hydrogens (tertiary/aromatic N) is 2. The van der Waals surface area contributed by atoms with E-state index in [0.29, 0.717) is 42.6 Å². The SMILES string of the molecule is CNCCN(C)C(=O)C1CC(=O)N(c2cc(OC)c(OC)c(OC)c2)C1. The van der Waals surface area contributed by atoms with E-state index in [1.54, 1.807) is 29.0 Å². The first-order chi connectivity index (χ1) is 12.5. The van der Waals surface area contributed by atoms with Crippen LogP contribution in [0.4, 0.5) is 5.69 Å². The van der Waals surface area contributed by atoms with Crippen LogP contribution in [-0.2, 0) is 9.59 Å². The van der Waals surface area contributed by atoms with Gasteiger partial charge in [0.25, 0.3) is 0 Å². The molecule has 8 nitrogen and oxygen atoms in total. The highest BCUT2D eigenvalue weighted by molar-refractivity contribution is 6.00. The van der Waals surface area contributed by atoms with E-state index in [1.165, 1.54) is 21.3 Å². The second-order valence-corrected chi connectivity index (χ2v) is 6.15. The van der Waals surface area contributed by atoms with Crippen molar-refractivity contribution >= 4 is 17.5 Å². The minimum absolute atomic E-state index is 0.0245. The maximum Gasteiger partial charge on any atom is 0.227 e. The van der Waals surface area contributed by atoms with E-state index in [4.69, 9.17) is 14.2 Å². The fraction of sp³-hybridized carbons (Fsp3) is 0.556. The molecule has 1 aromatic carbocycles. The number of benzene rings is 1. The average Bonchev–Trinajstić information content (AvgIpc) is 3.05. The molecule has 0 radical (unpaired) electrons. The number of methoxy groups -OCH3 is 3. The van der Waals surface area contributed by atoms with Crippen molar-refractivity contribution in [3.63, 3.8) is 0 Å². The van der Waals surface area contributed by atoms with Gasteiger partial charge in [0.15, 0.2) is 11.5 Å². The smallest absolute Gasteiger partial charge is 0.227 e. The molecule has 1 fully saturated rings. The quantitative estimate of drug-likeness (QED) is 0.732. The summed E-state index contributed by atoms with van der Waals surface area (Å²) < 4.78 is 16.0. The molecule has 0 aromatic heterocycles. The van der Waals surface area contributed by atoms with Gasteiger partial charge in [-0.3, -0.25) is 9.59 Å². The van der Waals surface area contributed by atoms with Gasteiger partial charge in [0.2, 0.25) is 17.6 Å². The Morgan fingerprint density at radius 2 is 1.85 bits per heavy atom. The van der Waals surface area contributed by atoms with Crippen molar-refractivity contribution in [1.82, 2.24) is 10.2 Å². The van der Waals surface area contributed by atoms with Gasteiger partial charge < -0.3 is 29.3 Å². The van der Waals surface area contributed by atoms with Crippen LogP contribution in [0.3, 0.4) is 0 Å². The number of ether oxygens (including phenoxy) is 3. The lowest BCUT2D eigenvalue weighted by Gasteiger charge is -2.22. The fourth-order valence-electron chi connectivity index (χ4n) is 3.05. The highest BCUT2D eigenvalue weighted by Crippen LogP contribution is 2.42. The van der Waals surface area contributed by atoms with Crippen LogP contribution in [0.15, 0.2) is 12.1 Å². The molecule has 144 valence electrons. The van der Waals surface area contributed by atoms with Gasteiger partial charge in [-0.1, -0.05) is 0 Å². The van der Waals surface area contributed by atoms with E-state index in [1.807, 2.05) is 7.05 Å². The predicted molar refractivity (Wildman–Crippen MR) is 98.1 cm³/mol. The summed E-state index contributed by atoms with van der Waals surface area (Å²) in [6.45, 7) is 1.64. The summed E-state index contributed by atoms with van der Waals surface area (Å²) in [5.74, 6) is 0.919.